The molecule has 0 spiro atoms. The number of aromatic nitrogens is 4. The molecular formula is C19H14N4. The Labute approximate surface area is 133 Å². The Hall–Kier alpha value is -3.27. The molecule has 0 atom stereocenters. The number of fused-ring (bicyclic) bond motifs is 1. The highest BCUT2D eigenvalue weighted by atomic mass is 15.1. The minimum Gasteiger partial charge on any atom is -0.283 e. The molecule has 0 unspecified atom stereocenters. The van der Waals surface area contributed by atoms with Crippen molar-refractivity contribution in [2.75, 3.05) is 0 Å². The van der Waals surface area contributed by atoms with Crippen LogP contribution in [0.2, 0.25) is 0 Å². The van der Waals surface area contributed by atoms with Crippen LogP contribution in [0.3, 0.4) is 0 Å². The first-order valence-corrected chi connectivity index (χ1v) is 7.38. The monoisotopic (exact) mass is 298 g/mol. The van der Waals surface area contributed by atoms with E-state index in [-0.39, 0.29) is 0 Å². The second kappa shape index (κ2) is 5.85. The molecule has 4 rings (SSSR count). The molecule has 0 amide bonds. The fourth-order valence-electron chi connectivity index (χ4n) is 2.49. The minimum absolute atomic E-state index is 0.795. The largest absolute Gasteiger partial charge is 0.283 e. The number of imidazole rings is 1. The zero-order valence-corrected chi connectivity index (χ0v) is 12.4. The van der Waals surface area contributed by atoms with Gasteiger partial charge in [-0.15, -0.1) is 0 Å². The van der Waals surface area contributed by atoms with Gasteiger partial charge in [0.05, 0.1) is 5.69 Å². The molecule has 110 valence electrons. The summed E-state index contributed by atoms with van der Waals surface area (Å²) in [6.07, 6.45) is 7.37. The molecule has 0 saturated carbocycles. The van der Waals surface area contributed by atoms with Gasteiger partial charge in [-0.1, -0.05) is 54.6 Å². The molecule has 0 aliphatic rings. The van der Waals surface area contributed by atoms with Crippen LogP contribution in [0, 0.1) is 0 Å². The van der Waals surface area contributed by atoms with Crippen LogP contribution in [0.5, 0.6) is 0 Å². The summed E-state index contributed by atoms with van der Waals surface area (Å²) in [5.74, 6) is 0. The lowest BCUT2D eigenvalue weighted by Crippen LogP contribution is -1.94. The first-order valence-electron chi connectivity index (χ1n) is 7.38. The molecule has 0 N–H and O–H groups in total. The summed E-state index contributed by atoms with van der Waals surface area (Å²) >= 11 is 0. The van der Waals surface area contributed by atoms with Gasteiger partial charge in [0.15, 0.2) is 5.65 Å². The van der Waals surface area contributed by atoms with E-state index >= 15 is 0 Å². The third-order valence-electron chi connectivity index (χ3n) is 3.63. The van der Waals surface area contributed by atoms with Crippen molar-refractivity contribution in [1.82, 2.24) is 19.5 Å². The van der Waals surface area contributed by atoms with Gasteiger partial charge >= 0.3 is 0 Å². The molecule has 4 heteroatoms. The molecule has 0 radical (unpaired) electrons. The number of hydrogen-bond donors (Lipinski definition) is 0. The van der Waals surface area contributed by atoms with Crippen molar-refractivity contribution in [3.05, 3.63) is 84.6 Å². The highest BCUT2D eigenvalue weighted by Crippen LogP contribution is 2.19. The van der Waals surface area contributed by atoms with Gasteiger partial charge < -0.3 is 0 Å². The summed E-state index contributed by atoms with van der Waals surface area (Å²) in [6, 6.07) is 20.2. The highest BCUT2D eigenvalue weighted by Gasteiger charge is 2.09. The SMILES string of the molecule is C(=C\c1ncnc2c1ncn2-c1ccccc1)/c1ccccc1. The second-order valence-corrected chi connectivity index (χ2v) is 5.13. The van der Waals surface area contributed by atoms with Gasteiger partial charge in [0, 0.05) is 5.69 Å². The van der Waals surface area contributed by atoms with Gasteiger partial charge in [-0.25, -0.2) is 15.0 Å². The second-order valence-electron chi connectivity index (χ2n) is 5.13. The van der Waals surface area contributed by atoms with Crippen LogP contribution in [0.15, 0.2) is 73.3 Å². The predicted octanol–water partition coefficient (Wildman–Crippen LogP) is 3.99. The molecule has 0 saturated heterocycles. The zero-order chi connectivity index (χ0) is 15.5. The highest BCUT2D eigenvalue weighted by molar-refractivity contribution is 5.84. The first-order chi connectivity index (χ1) is 11.4. The summed E-state index contributed by atoms with van der Waals surface area (Å²) in [5, 5.41) is 0. The molecule has 2 aromatic heterocycles. The van der Waals surface area contributed by atoms with Crippen LogP contribution in [0.25, 0.3) is 29.0 Å². The number of benzene rings is 2. The van der Waals surface area contributed by atoms with E-state index in [1.54, 1.807) is 12.7 Å². The van der Waals surface area contributed by atoms with E-state index in [1.165, 1.54) is 0 Å². The summed E-state index contributed by atoms with van der Waals surface area (Å²) < 4.78 is 1.97. The van der Waals surface area contributed by atoms with Crippen molar-refractivity contribution in [3.63, 3.8) is 0 Å². The fourth-order valence-corrected chi connectivity index (χ4v) is 2.49. The lowest BCUT2D eigenvalue weighted by atomic mass is 10.2. The zero-order valence-electron chi connectivity index (χ0n) is 12.4. The van der Waals surface area contributed by atoms with Gasteiger partial charge in [-0.2, -0.15) is 0 Å². The summed E-state index contributed by atoms with van der Waals surface area (Å²) in [6.45, 7) is 0. The molecule has 0 fully saturated rings. The molecule has 2 heterocycles. The Morgan fingerprint density at radius 3 is 2.26 bits per heavy atom. The maximum absolute atomic E-state index is 4.49. The Kier molecular flexibility index (Phi) is 3.41. The molecular weight excluding hydrogens is 284 g/mol. The Morgan fingerprint density at radius 1 is 0.739 bits per heavy atom. The number of nitrogens with zero attached hydrogens (tertiary/aromatic N) is 4. The molecule has 0 aliphatic carbocycles. The molecule has 4 nitrogen and oxygen atoms in total. The molecule has 4 aromatic rings. The topological polar surface area (TPSA) is 43.6 Å². The average molecular weight is 298 g/mol. The smallest absolute Gasteiger partial charge is 0.168 e. The number of rotatable bonds is 3. The Morgan fingerprint density at radius 2 is 1.48 bits per heavy atom. The minimum atomic E-state index is 0.795. The number of para-hydroxylation sites is 1. The van der Waals surface area contributed by atoms with Crippen molar-refractivity contribution in [1.29, 1.82) is 0 Å². The van der Waals surface area contributed by atoms with Gasteiger partial charge in [0.25, 0.3) is 0 Å². The van der Waals surface area contributed by atoms with E-state index in [4.69, 9.17) is 0 Å². The molecule has 2 aromatic carbocycles. The molecule has 0 bridgehead atoms. The van der Waals surface area contributed by atoms with Crippen LogP contribution >= 0.6 is 0 Å². The first kappa shape index (κ1) is 13.4. The standard InChI is InChI=1S/C19H14N4/c1-3-7-15(8-4-1)11-12-17-18-19(21-13-20-17)23(14-22-18)16-9-5-2-6-10-16/h1-14H/b12-11+. The van der Waals surface area contributed by atoms with Crippen LogP contribution < -0.4 is 0 Å². The molecule has 0 aliphatic heterocycles. The van der Waals surface area contributed by atoms with E-state index in [1.807, 2.05) is 65.3 Å². The lowest BCUT2D eigenvalue weighted by molar-refractivity contribution is 1.06. The van der Waals surface area contributed by atoms with Crippen LogP contribution in [0.4, 0.5) is 0 Å². The van der Waals surface area contributed by atoms with Crippen LogP contribution in [-0.2, 0) is 0 Å². The molecule has 23 heavy (non-hydrogen) atoms. The third-order valence-corrected chi connectivity index (χ3v) is 3.63. The van der Waals surface area contributed by atoms with Gasteiger partial charge in [-0.05, 0) is 23.8 Å². The Bertz CT molecular complexity index is 957. The van der Waals surface area contributed by atoms with Gasteiger partial charge in [-0.3, -0.25) is 4.57 Å². The van der Waals surface area contributed by atoms with Crippen molar-refractivity contribution >= 4 is 23.3 Å². The van der Waals surface area contributed by atoms with E-state index in [2.05, 4.69) is 27.1 Å². The van der Waals surface area contributed by atoms with E-state index in [0.717, 1.165) is 28.1 Å². The van der Waals surface area contributed by atoms with Crippen LogP contribution in [-0.4, -0.2) is 19.5 Å². The normalized spacial score (nSPS) is 11.3. The number of hydrogen-bond acceptors (Lipinski definition) is 3. The van der Waals surface area contributed by atoms with Crippen LogP contribution in [0.1, 0.15) is 11.3 Å². The fraction of sp³-hybridized carbons (Fsp3) is 0. The van der Waals surface area contributed by atoms with Crippen molar-refractivity contribution in [2.24, 2.45) is 0 Å². The van der Waals surface area contributed by atoms with E-state index in [9.17, 15) is 0 Å². The summed E-state index contributed by atoms with van der Waals surface area (Å²) in [5.41, 5.74) is 4.57. The van der Waals surface area contributed by atoms with Crippen molar-refractivity contribution in [2.45, 2.75) is 0 Å². The maximum atomic E-state index is 4.49. The Balaban J connectivity index is 1.78. The summed E-state index contributed by atoms with van der Waals surface area (Å²) in [7, 11) is 0. The van der Waals surface area contributed by atoms with E-state index < -0.39 is 0 Å². The van der Waals surface area contributed by atoms with Crippen molar-refractivity contribution < 1.29 is 0 Å². The lowest BCUT2D eigenvalue weighted by Gasteiger charge is -2.02. The predicted molar refractivity (Wildman–Crippen MR) is 92.0 cm³/mol. The van der Waals surface area contributed by atoms with Gasteiger partial charge in [0.2, 0.25) is 0 Å². The quantitative estimate of drug-likeness (QED) is 0.574. The van der Waals surface area contributed by atoms with Gasteiger partial charge in [0.1, 0.15) is 18.2 Å². The third kappa shape index (κ3) is 2.62. The summed E-state index contributed by atoms with van der Waals surface area (Å²) in [4.78, 5) is 13.2. The van der Waals surface area contributed by atoms with Crippen molar-refractivity contribution in [3.8, 4) is 5.69 Å². The maximum Gasteiger partial charge on any atom is 0.168 e. The van der Waals surface area contributed by atoms with E-state index in [0.29, 0.717) is 0 Å². The average Bonchev–Trinajstić information content (AvgIpc) is 3.06.